The zero-order chi connectivity index (χ0) is 14.9. The first kappa shape index (κ1) is 14.8. The predicted molar refractivity (Wildman–Crippen MR) is 69.6 cm³/mol. The Kier molecular flexibility index (Phi) is 4.01. The Hall–Kier alpha value is -1.59. The largest absolute Gasteiger partial charge is 0.504 e. The molecule has 0 aliphatic carbocycles. The van der Waals surface area contributed by atoms with Crippen molar-refractivity contribution in [3.8, 4) is 17.2 Å². The summed E-state index contributed by atoms with van der Waals surface area (Å²) in [7, 11) is 0. The minimum atomic E-state index is -4.55. The van der Waals surface area contributed by atoms with E-state index < -0.39 is 11.7 Å². The van der Waals surface area contributed by atoms with Gasteiger partial charge >= 0.3 is 6.18 Å². The second-order valence-electron chi connectivity index (χ2n) is 3.84. The van der Waals surface area contributed by atoms with Gasteiger partial charge in [-0.15, -0.1) is 0 Å². The number of alkyl halides is 3. The highest BCUT2D eigenvalue weighted by Crippen LogP contribution is 2.42. The van der Waals surface area contributed by atoms with Gasteiger partial charge in [-0.25, -0.2) is 0 Å². The number of rotatable bonds is 2. The van der Waals surface area contributed by atoms with Crippen molar-refractivity contribution in [3.63, 3.8) is 0 Å². The van der Waals surface area contributed by atoms with E-state index in [0.717, 1.165) is 0 Å². The van der Waals surface area contributed by atoms with Gasteiger partial charge in [0.1, 0.15) is 0 Å². The maximum atomic E-state index is 12.6. The van der Waals surface area contributed by atoms with E-state index in [4.69, 9.17) is 27.9 Å². The van der Waals surface area contributed by atoms with E-state index in [1.807, 2.05) is 0 Å². The fourth-order valence-electron chi connectivity index (χ4n) is 1.47. The van der Waals surface area contributed by atoms with Crippen molar-refractivity contribution in [1.82, 2.24) is 0 Å². The topological polar surface area (TPSA) is 29.5 Å². The van der Waals surface area contributed by atoms with E-state index in [2.05, 4.69) is 0 Å². The molecule has 106 valence electrons. The number of hydrogen-bond donors (Lipinski definition) is 1. The lowest BCUT2D eigenvalue weighted by Crippen LogP contribution is -2.05. The van der Waals surface area contributed by atoms with Crippen molar-refractivity contribution in [2.45, 2.75) is 6.18 Å². The van der Waals surface area contributed by atoms with Crippen LogP contribution in [-0.2, 0) is 6.18 Å². The summed E-state index contributed by atoms with van der Waals surface area (Å²) in [5.41, 5.74) is -0.975. The molecule has 0 saturated carbocycles. The van der Waals surface area contributed by atoms with Crippen LogP contribution in [-0.4, -0.2) is 5.11 Å². The van der Waals surface area contributed by atoms with E-state index in [-0.39, 0.29) is 27.3 Å². The number of phenolic OH excluding ortho intramolecular Hbond substituents is 1. The highest BCUT2D eigenvalue weighted by atomic mass is 35.5. The minimum absolute atomic E-state index is 0.0380. The molecule has 0 atom stereocenters. The van der Waals surface area contributed by atoms with Crippen LogP contribution in [0.2, 0.25) is 10.0 Å². The van der Waals surface area contributed by atoms with Gasteiger partial charge < -0.3 is 9.84 Å². The molecule has 1 N–H and O–H groups in total. The molecule has 0 spiro atoms. The second-order valence-corrected chi connectivity index (χ2v) is 4.65. The first-order valence-electron chi connectivity index (χ1n) is 5.31. The molecule has 0 aliphatic rings. The summed E-state index contributed by atoms with van der Waals surface area (Å²) in [6.07, 6.45) is -4.55. The smallest absolute Gasteiger partial charge is 0.416 e. The monoisotopic (exact) mass is 322 g/mol. The van der Waals surface area contributed by atoms with Crippen LogP contribution in [0.25, 0.3) is 0 Å². The third kappa shape index (κ3) is 3.11. The molecule has 2 aromatic rings. The summed E-state index contributed by atoms with van der Waals surface area (Å²) in [5.74, 6) is -0.293. The van der Waals surface area contributed by atoms with Crippen LogP contribution in [0, 0.1) is 0 Å². The van der Waals surface area contributed by atoms with Crippen molar-refractivity contribution in [3.05, 3.63) is 52.0 Å². The number of aromatic hydroxyl groups is 1. The van der Waals surface area contributed by atoms with E-state index in [1.54, 1.807) is 12.1 Å². The average Bonchev–Trinajstić information content (AvgIpc) is 2.34. The summed E-state index contributed by atoms with van der Waals surface area (Å²) in [5, 5.41) is 8.95. The molecule has 0 unspecified atom stereocenters. The molecule has 0 fully saturated rings. The lowest BCUT2D eigenvalue weighted by molar-refractivity contribution is -0.137. The Balaban J connectivity index is 2.42. The maximum absolute atomic E-state index is 12.6. The number of ether oxygens (including phenoxy) is 1. The van der Waals surface area contributed by atoms with Gasteiger partial charge in [0.05, 0.1) is 15.6 Å². The number of para-hydroxylation sites is 2. The van der Waals surface area contributed by atoms with Gasteiger partial charge in [-0.2, -0.15) is 13.2 Å². The quantitative estimate of drug-likeness (QED) is 0.789. The number of phenols is 1. The van der Waals surface area contributed by atoms with Gasteiger partial charge in [0.2, 0.25) is 0 Å². The van der Waals surface area contributed by atoms with E-state index in [0.29, 0.717) is 12.1 Å². The highest BCUT2D eigenvalue weighted by molar-refractivity contribution is 6.37. The fourth-order valence-corrected chi connectivity index (χ4v) is 2.04. The Bertz CT molecular complexity index is 619. The molecule has 2 nitrogen and oxygen atoms in total. The van der Waals surface area contributed by atoms with Crippen molar-refractivity contribution in [2.24, 2.45) is 0 Å². The summed E-state index contributed by atoms with van der Waals surface area (Å²) in [4.78, 5) is 0. The van der Waals surface area contributed by atoms with Crippen LogP contribution in [0.1, 0.15) is 5.56 Å². The van der Waals surface area contributed by atoms with Crippen LogP contribution < -0.4 is 4.74 Å². The molecule has 2 aromatic carbocycles. The van der Waals surface area contributed by atoms with Crippen molar-refractivity contribution in [2.75, 3.05) is 0 Å². The molecule has 20 heavy (non-hydrogen) atoms. The summed E-state index contributed by atoms with van der Waals surface area (Å²) < 4.78 is 43.0. The van der Waals surface area contributed by atoms with E-state index in [9.17, 15) is 18.3 Å². The van der Waals surface area contributed by atoms with Gasteiger partial charge in [0.25, 0.3) is 0 Å². The standard InChI is InChI=1S/C13H7Cl2F3O2/c14-8-5-7(13(16,17)18)6-9(15)12(8)20-11-4-2-1-3-10(11)19/h1-6,19H. The summed E-state index contributed by atoms with van der Waals surface area (Å²) in [6.45, 7) is 0. The van der Waals surface area contributed by atoms with E-state index >= 15 is 0 Å². The molecule has 0 bridgehead atoms. The first-order chi connectivity index (χ1) is 9.29. The van der Waals surface area contributed by atoms with Crippen LogP contribution >= 0.6 is 23.2 Å². The lowest BCUT2D eigenvalue weighted by Gasteiger charge is -2.13. The second kappa shape index (κ2) is 5.42. The third-order valence-electron chi connectivity index (χ3n) is 2.40. The zero-order valence-corrected chi connectivity index (χ0v) is 11.2. The Labute approximate surface area is 122 Å². The SMILES string of the molecule is Oc1ccccc1Oc1c(Cl)cc(C(F)(F)F)cc1Cl. The van der Waals surface area contributed by atoms with Crippen LogP contribution in [0.4, 0.5) is 13.2 Å². The zero-order valence-electron chi connectivity index (χ0n) is 9.71. The number of benzene rings is 2. The predicted octanol–water partition coefficient (Wildman–Crippen LogP) is 5.51. The molecule has 0 aromatic heterocycles. The van der Waals surface area contributed by atoms with Gasteiger partial charge in [-0.05, 0) is 24.3 Å². The third-order valence-corrected chi connectivity index (χ3v) is 2.96. The fraction of sp³-hybridized carbons (Fsp3) is 0.0769. The van der Waals surface area contributed by atoms with Gasteiger partial charge in [0.15, 0.2) is 17.2 Å². The molecule has 0 radical (unpaired) electrons. The summed E-state index contributed by atoms with van der Waals surface area (Å²) >= 11 is 11.5. The molecule has 0 heterocycles. The van der Waals surface area contributed by atoms with Gasteiger partial charge in [-0.1, -0.05) is 35.3 Å². The maximum Gasteiger partial charge on any atom is 0.416 e. The van der Waals surface area contributed by atoms with Crippen molar-refractivity contribution < 1.29 is 23.0 Å². The lowest BCUT2D eigenvalue weighted by atomic mass is 10.2. The molecule has 0 aliphatic heterocycles. The van der Waals surface area contributed by atoms with Gasteiger partial charge in [-0.3, -0.25) is 0 Å². The number of halogens is 5. The molecule has 7 heteroatoms. The Morgan fingerprint density at radius 2 is 1.55 bits per heavy atom. The normalized spacial score (nSPS) is 11.4. The molecular weight excluding hydrogens is 316 g/mol. The molecular formula is C13H7Cl2F3O2. The molecule has 0 amide bonds. The Morgan fingerprint density at radius 3 is 2.05 bits per heavy atom. The molecule has 2 rings (SSSR count). The highest BCUT2D eigenvalue weighted by Gasteiger charge is 2.32. The summed E-state index contributed by atoms with van der Waals surface area (Å²) in [6, 6.07) is 7.37. The minimum Gasteiger partial charge on any atom is -0.504 e. The average molecular weight is 323 g/mol. The van der Waals surface area contributed by atoms with Crippen molar-refractivity contribution in [1.29, 1.82) is 0 Å². The van der Waals surface area contributed by atoms with Crippen molar-refractivity contribution >= 4 is 23.2 Å². The first-order valence-corrected chi connectivity index (χ1v) is 6.06. The van der Waals surface area contributed by atoms with Crippen LogP contribution in [0.5, 0.6) is 17.2 Å². The van der Waals surface area contributed by atoms with Crippen LogP contribution in [0.3, 0.4) is 0 Å². The van der Waals surface area contributed by atoms with Crippen LogP contribution in [0.15, 0.2) is 36.4 Å². The number of hydrogen-bond acceptors (Lipinski definition) is 2. The van der Waals surface area contributed by atoms with E-state index in [1.165, 1.54) is 12.1 Å². The van der Waals surface area contributed by atoms with Gasteiger partial charge in [0, 0.05) is 0 Å². The molecule has 0 saturated heterocycles. The Morgan fingerprint density at radius 1 is 1.00 bits per heavy atom.